The minimum atomic E-state index is -0.109. The summed E-state index contributed by atoms with van der Waals surface area (Å²) in [5.41, 5.74) is 1.57. The fourth-order valence-electron chi connectivity index (χ4n) is 1.46. The Morgan fingerprint density at radius 1 is 1.53 bits per heavy atom. The van der Waals surface area contributed by atoms with E-state index < -0.39 is 0 Å². The van der Waals surface area contributed by atoms with Crippen LogP contribution in [0.3, 0.4) is 0 Å². The normalized spacial score (nSPS) is 10.8. The van der Waals surface area contributed by atoms with Gasteiger partial charge in [0.15, 0.2) is 0 Å². The van der Waals surface area contributed by atoms with E-state index in [9.17, 15) is 4.79 Å². The monoisotopic (exact) mass is 270 g/mol. The van der Waals surface area contributed by atoms with Crippen LogP contribution in [0, 0.1) is 0 Å². The quantitative estimate of drug-likeness (QED) is 0.863. The van der Waals surface area contributed by atoms with Crippen molar-refractivity contribution in [3.05, 3.63) is 28.7 Å². The van der Waals surface area contributed by atoms with Crippen molar-refractivity contribution < 1.29 is 4.74 Å². The van der Waals surface area contributed by atoms with Gasteiger partial charge < -0.3 is 9.72 Å². The van der Waals surface area contributed by atoms with Crippen LogP contribution in [0.4, 0.5) is 0 Å². The van der Waals surface area contributed by atoms with Crippen LogP contribution in [-0.2, 0) is 7.05 Å². The van der Waals surface area contributed by atoms with Crippen molar-refractivity contribution >= 4 is 27.0 Å². The molecule has 4 nitrogen and oxygen atoms in total. The summed E-state index contributed by atoms with van der Waals surface area (Å²) >= 11 is 3.29. The Morgan fingerprint density at radius 3 is 3.07 bits per heavy atom. The number of aryl methyl sites for hydroxylation is 1. The number of benzene rings is 1. The Balaban J connectivity index is 2.43. The number of hydrogen-bond donors (Lipinski definition) is 1. The van der Waals surface area contributed by atoms with Crippen LogP contribution in [-0.4, -0.2) is 21.5 Å². The maximum atomic E-state index is 11.3. The fourth-order valence-corrected chi connectivity index (χ4v) is 1.62. The summed E-state index contributed by atoms with van der Waals surface area (Å²) < 4.78 is 7.01. The highest BCUT2D eigenvalue weighted by Crippen LogP contribution is 2.17. The number of aromatic amines is 1. The average Bonchev–Trinajstić information content (AvgIpc) is 2.52. The Kier molecular flexibility index (Phi) is 2.81. The Labute approximate surface area is 95.0 Å². The first-order valence-electron chi connectivity index (χ1n) is 4.60. The summed E-state index contributed by atoms with van der Waals surface area (Å²) in [5, 5.41) is 0.788. The molecule has 0 atom stereocenters. The van der Waals surface area contributed by atoms with Crippen LogP contribution >= 0.6 is 15.9 Å². The highest BCUT2D eigenvalue weighted by atomic mass is 79.9. The predicted octanol–water partition coefficient (Wildman–Crippen LogP) is 1.64. The van der Waals surface area contributed by atoms with Crippen LogP contribution in [0.25, 0.3) is 11.0 Å². The molecule has 1 aromatic carbocycles. The highest BCUT2D eigenvalue weighted by Gasteiger charge is 2.03. The molecule has 1 aromatic heterocycles. The molecule has 0 spiro atoms. The number of H-pyrrole nitrogens is 1. The van der Waals surface area contributed by atoms with Crippen LogP contribution in [0.1, 0.15) is 0 Å². The van der Waals surface area contributed by atoms with Crippen molar-refractivity contribution in [2.75, 3.05) is 11.9 Å². The number of rotatable bonds is 3. The van der Waals surface area contributed by atoms with Crippen molar-refractivity contribution in [2.24, 2.45) is 7.05 Å². The van der Waals surface area contributed by atoms with Gasteiger partial charge in [0.2, 0.25) is 0 Å². The molecule has 0 amide bonds. The maximum absolute atomic E-state index is 11.3. The summed E-state index contributed by atoms with van der Waals surface area (Å²) in [7, 11) is 1.74. The summed E-state index contributed by atoms with van der Waals surface area (Å²) in [5.74, 6) is 0.767. The van der Waals surface area contributed by atoms with Crippen molar-refractivity contribution in [1.82, 2.24) is 9.55 Å². The SMILES string of the molecule is Cn1c(=O)[nH]c2cc(OCCBr)ccc21. The lowest BCUT2D eigenvalue weighted by molar-refractivity contribution is 0.345. The van der Waals surface area contributed by atoms with E-state index in [1.54, 1.807) is 11.6 Å². The first-order chi connectivity index (χ1) is 7.22. The van der Waals surface area contributed by atoms with Gasteiger partial charge in [-0.25, -0.2) is 4.79 Å². The van der Waals surface area contributed by atoms with Gasteiger partial charge >= 0.3 is 5.69 Å². The molecular weight excluding hydrogens is 260 g/mol. The molecule has 0 unspecified atom stereocenters. The zero-order chi connectivity index (χ0) is 10.8. The van der Waals surface area contributed by atoms with E-state index in [0.717, 1.165) is 22.1 Å². The summed E-state index contributed by atoms with van der Waals surface area (Å²) in [6.07, 6.45) is 0. The molecule has 0 radical (unpaired) electrons. The molecule has 15 heavy (non-hydrogen) atoms. The van der Waals surface area contributed by atoms with E-state index in [1.165, 1.54) is 0 Å². The van der Waals surface area contributed by atoms with Crippen molar-refractivity contribution in [3.63, 3.8) is 0 Å². The lowest BCUT2D eigenvalue weighted by Crippen LogP contribution is -2.11. The largest absolute Gasteiger partial charge is 0.493 e. The standard InChI is InChI=1S/C10H11BrN2O2/c1-13-9-3-2-7(15-5-4-11)6-8(9)12-10(13)14/h2-3,6H,4-5H2,1H3,(H,12,14). The third-order valence-corrected chi connectivity index (χ3v) is 2.55. The van der Waals surface area contributed by atoms with Gasteiger partial charge in [-0.3, -0.25) is 4.57 Å². The Bertz CT molecular complexity index is 530. The molecule has 2 aromatic rings. The van der Waals surface area contributed by atoms with Crippen LogP contribution in [0.5, 0.6) is 5.75 Å². The number of imidazole rings is 1. The molecule has 0 fully saturated rings. The van der Waals surface area contributed by atoms with Gasteiger partial charge in [0, 0.05) is 18.4 Å². The minimum Gasteiger partial charge on any atom is -0.493 e. The van der Waals surface area contributed by atoms with E-state index >= 15 is 0 Å². The summed E-state index contributed by atoms with van der Waals surface area (Å²) in [6.45, 7) is 0.614. The van der Waals surface area contributed by atoms with E-state index in [2.05, 4.69) is 20.9 Å². The van der Waals surface area contributed by atoms with Gasteiger partial charge in [-0.1, -0.05) is 15.9 Å². The fraction of sp³-hybridized carbons (Fsp3) is 0.300. The molecular formula is C10H11BrN2O2. The number of ether oxygens (including phenoxy) is 1. The van der Waals surface area contributed by atoms with E-state index in [0.29, 0.717) is 6.61 Å². The number of nitrogens with zero attached hydrogens (tertiary/aromatic N) is 1. The molecule has 1 heterocycles. The topological polar surface area (TPSA) is 47.0 Å². The second-order valence-electron chi connectivity index (χ2n) is 3.21. The predicted molar refractivity (Wildman–Crippen MR) is 62.8 cm³/mol. The maximum Gasteiger partial charge on any atom is 0.326 e. The molecule has 0 aliphatic heterocycles. The molecule has 0 aliphatic rings. The van der Waals surface area contributed by atoms with E-state index in [4.69, 9.17) is 4.74 Å². The number of fused-ring (bicyclic) bond motifs is 1. The lowest BCUT2D eigenvalue weighted by atomic mass is 10.3. The lowest BCUT2D eigenvalue weighted by Gasteiger charge is -2.03. The zero-order valence-electron chi connectivity index (χ0n) is 8.29. The van der Waals surface area contributed by atoms with Gasteiger partial charge in [0.05, 0.1) is 17.6 Å². The van der Waals surface area contributed by atoms with E-state index in [1.807, 2.05) is 18.2 Å². The molecule has 0 bridgehead atoms. The van der Waals surface area contributed by atoms with Gasteiger partial charge in [-0.15, -0.1) is 0 Å². The van der Waals surface area contributed by atoms with Crippen molar-refractivity contribution in [1.29, 1.82) is 0 Å². The van der Waals surface area contributed by atoms with Gasteiger partial charge in [0.1, 0.15) is 5.75 Å². The number of hydrogen-bond acceptors (Lipinski definition) is 2. The van der Waals surface area contributed by atoms with Crippen LogP contribution in [0.2, 0.25) is 0 Å². The number of alkyl halides is 1. The first kappa shape index (κ1) is 10.3. The first-order valence-corrected chi connectivity index (χ1v) is 5.72. The zero-order valence-corrected chi connectivity index (χ0v) is 9.87. The van der Waals surface area contributed by atoms with Gasteiger partial charge in [0.25, 0.3) is 0 Å². The second kappa shape index (κ2) is 4.10. The number of halogens is 1. The Hall–Kier alpha value is -1.23. The van der Waals surface area contributed by atoms with Crippen molar-refractivity contribution in [2.45, 2.75) is 0 Å². The molecule has 0 aliphatic carbocycles. The summed E-state index contributed by atoms with van der Waals surface area (Å²) in [6, 6.07) is 5.56. The second-order valence-corrected chi connectivity index (χ2v) is 4.00. The molecule has 2 rings (SSSR count). The highest BCUT2D eigenvalue weighted by molar-refractivity contribution is 9.09. The van der Waals surface area contributed by atoms with Crippen LogP contribution in [0.15, 0.2) is 23.0 Å². The Morgan fingerprint density at radius 2 is 2.33 bits per heavy atom. The number of aromatic nitrogens is 2. The molecule has 0 saturated carbocycles. The number of nitrogens with one attached hydrogen (secondary N) is 1. The average molecular weight is 271 g/mol. The third kappa shape index (κ3) is 1.92. The summed E-state index contributed by atoms with van der Waals surface area (Å²) in [4.78, 5) is 14.1. The van der Waals surface area contributed by atoms with E-state index in [-0.39, 0.29) is 5.69 Å². The minimum absolute atomic E-state index is 0.109. The van der Waals surface area contributed by atoms with Crippen molar-refractivity contribution in [3.8, 4) is 5.75 Å². The molecule has 1 N–H and O–H groups in total. The van der Waals surface area contributed by atoms with Gasteiger partial charge in [-0.2, -0.15) is 0 Å². The van der Waals surface area contributed by atoms with Crippen LogP contribution < -0.4 is 10.4 Å². The molecule has 80 valence electrons. The smallest absolute Gasteiger partial charge is 0.326 e. The third-order valence-electron chi connectivity index (χ3n) is 2.22. The molecule has 0 saturated heterocycles. The van der Waals surface area contributed by atoms with Gasteiger partial charge in [-0.05, 0) is 12.1 Å². The molecule has 5 heteroatoms.